The predicted octanol–water partition coefficient (Wildman–Crippen LogP) is 13.4. The van der Waals surface area contributed by atoms with E-state index in [4.69, 9.17) is 10.5 Å². The molecule has 1 heterocycles. The maximum absolute atomic E-state index is 6.51. The molecule has 1 aromatic heterocycles. The van der Waals surface area contributed by atoms with E-state index in [1.807, 2.05) is 24.3 Å². The number of rotatable bonds is 8. The molecular formula is C51H37N3O. The van der Waals surface area contributed by atoms with Gasteiger partial charge in [0, 0.05) is 38.9 Å². The monoisotopic (exact) mass is 707 g/mol. The first-order valence-corrected chi connectivity index (χ1v) is 18.7. The second-order valence-corrected chi connectivity index (χ2v) is 14.0. The van der Waals surface area contributed by atoms with Crippen molar-refractivity contribution >= 4 is 66.1 Å². The molecule has 262 valence electrons. The van der Waals surface area contributed by atoms with Crippen LogP contribution >= 0.6 is 0 Å². The lowest BCUT2D eigenvalue weighted by Crippen LogP contribution is -2.10. The molecule has 0 amide bonds. The van der Waals surface area contributed by atoms with E-state index in [-0.39, 0.29) is 0 Å². The van der Waals surface area contributed by atoms with Crippen LogP contribution in [0.2, 0.25) is 0 Å². The number of fused-ring (bicyclic) bond motifs is 6. The van der Waals surface area contributed by atoms with E-state index in [2.05, 4.69) is 185 Å². The maximum atomic E-state index is 6.51. The summed E-state index contributed by atoms with van der Waals surface area (Å²) in [6.07, 6.45) is 0. The van der Waals surface area contributed by atoms with Crippen molar-refractivity contribution in [2.75, 3.05) is 10.6 Å². The van der Waals surface area contributed by atoms with E-state index in [0.29, 0.717) is 12.3 Å². The van der Waals surface area contributed by atoms with Gasteiger partial charge in [0.05, 0.1) is 16.7 Å². The van der Waals surface area contributed by atoms with Gasteiger partial charge in [-0.15, -0.1) is 0 Å². The van der Waals surface area contributed by atoms with Crippen LogP contribution in [0.25, 0.3) is 60.2 Å². The highest BCUT2D eigenvalue weighted by atomic mass is 16.5. The molecule has 4 nitrogen and oxygen atoms in total. The third-order valence-corrected chi connectivity index (χ3v) is 10.6. The molecule has 55 heavy (non-hydrogen) atoms. The average molecular weight is 708 g/mol. The summed E-state index contributed by atoms with van der Waals surface area (Å²) < 4.78 is 8.74. The minimum atomic E-state index is 0.451. The molecule has 0 fully saturated rings. The highest BCUT2D eigenvalue weighted by Gasteiger charge is 2.19. The number of aromatic nitrogens is 1. The molecule has 0 saturated carbocycles. The van der Waals surface area contributed by atoms with Crippen molar-refractivity contribution in [3.63, 3.8) is 0 Å². The number of ether oxygens (including phenoxy) is 1. The molecule has 0 aliphatic heterocycles. The van der Waals surface area contributed by atoms with E-state index >= 15 is 0 Å². The summed E-state index contributed by atoms with van der Waals surface area (Å²) in [6, 6.07) is 70.9. The first kappa shape index (κ1) is 32.4. The highest BCUT2D eigenvalue weighted by molar-refractivity contribution is 6.13. The molecule has 0 unspecified atom stereocenters. The molecule has 2 N–H and O–H groups in total. The fourth-order valence-corrected chi connectivity index (χ4v) is 7.99. The average Bonchev–Trinajstić information content (AvgIpc) is 3.58. The smallest absolute Gasteiger partial charge is 0.150 e. The van der Waals surface area contributed by atoms with Gasteiger partial charge in [-0.25, -0.2) is 0 Å². The number of nitrogen functional groups attached to an aromatic ring is 1. The van der Waals surface area contributed by atoms with Crippen LogP contribution in [-0.4, -0.2) is 4.57 Å². The summed E-state index contributed by atoms with van der Waals surface area (Å²) in [5.41, 5.74) is 17.3. The zero-order valence-corrected chi connectivity index (χ0v) is 30.1. The molecule has 0 aliphatic carbocycles. The van der Waals surface area contributed by atoms with Crippen LogP contribution in [0.15, 0.2) is 200 Å². The van der Waals surface area contributed by atoms with Crippen LogP contribution in [0.1, 0.15) is 5.56 Å². The molecule has 0 aliphatic rings. The minimum absolute atomic E-state index is 0.451. The van der Waals surface area contributed by atoms with E-state index < -0.39 is 0 Å². The largest absolute Gasteiger partial charge is 0.486 e. The van der Waals surface area contributed by atoms with Gasteiger partial charge in [0.15, 0.2) is 5.75 Å². The number of nitrogens with zero attached hydrogens (tertiary/aromatic N) is 2. The zero-order chi connectivity index (χ0) is 36.7. The first-order valence-electron chi connectivity index (χ1n) is 18.7. The van der Waals surface area contributed by atoms with Gasteiger partial charge < -0.3 is 19.9 Å². The molecule has 10 aromatic rings. The van der Waals surface area contributed by atoms with Crippen molar-refractivity contribution in [3.8, 4) is 22.6 Å². The highest BCUT2D eigenvalue weighted by Crippen LogP contribution is 2.43. The molecule has 0 atom stereocenters. The SMILES string of the molecule is Nc1ccc2c(ccc3cc(N(c4ccc(-c5ccccc5)cc4)c4ccc5c6ccccc6n(-c6ccccc6)c5c4)ccc32)c1OCc1ccccc1. The van der Waals surface area contributed by atoms with Crippen LogP contribution < -0.4 is 15.4 Å². The van der Waals surface area contributed by atoms with Crippen LogP contribution in [0.3, 0.4) is 0 Å². The normalized spacial score (nSPS) is 11.4. The molecule has 9 aromatic carbocycles. The number of hydrogen-bond acceptors (Lipinski definition) is 3. The van der Waals surface area contributed by atoms with E-state index in [0.717, 1.165) is 61.1 Å². The standard InChI is InChI=1S/C51H37N3O/c52-48-31-30-44-43-28-25-41(32-38(43)22-27-47(44)51(48)55-34-35-12-4-1-5-13-35)53(40-23-20-37(21-24-40)36-14-6-2-7-15-36)42-26-29-46-45-18-10-11-19-49(45)54(50(46)33-42)39-16-8-3-9-17-39/h1-33H,34,52H2. The maximum Gasteiger partial charge on any atom is 0.150 e. The van der Waals surface area contributed by atoms with E-state index in [9.17, 15) is 0 Å². The van der Waals surface area contributed by atoms with Gasteiger partial charge in [0.25, 0.3) is 0 Å². The van der Waals surface area contributed by atoms with Gasteiger partial charge in [-0.05, 0) is 99.6 Å². The van der Waals surface area contributed by atoms with Crippen molar-refractivity contribution in [1.82, 2.24) is 4.57 Å². The molecule has 0 bridgehead atoms. The molecule has 10 rings (SSSR count). The Bertz CT molecular complexity index is 2970. The third-order valence-electron chi connectivity index (χ3n) is 10.6. The van der Waals surface area contributed by atoms with Crippen molar-refractivity contribution < 1.29 is 4.74 Å². The van der Waals surface area contributed by atoms with Gasteiger partial charge in [-0.1, -0.05) is 133 Å². The van der Waals surface area contributed by atoms with Gasteiger partial charge in [0.1, 0.15) is 6.61 Å². The topological polar surface area (TPSA) is 43.4 Å². The van der Waals surface area contributed by atoms with Crippen molar-refractivity contribution in [1.29, 1.82) is 0 Å². The zero-order valence-electron chi connectivity index (χ0n) is 30.1. The lowest BCUT2D eigenvalue weighted by Gasteiger charge is -2.26. The third kappa shape index (κ3) is 5.81. The number of hydrogen-bond donors (Lipinski definition) is 1. The van der Waals surface area contributed by atoms with Crippen LogP contribution in [0.4, 0.5) is 22.7 Å². The summed E-state index contributed by atoms with van der Waals surface area (Å²) in [5.74, 6) is 0.717. The summed E-state index contributed by atoms with van der Waals surface area (Å²) >= 11 is 0. The second kappa shape index (κ2) is 13.6. The summed E-state index contributed by atoms with van der Waals surface area (Å²) in [5, 5.41) is 6.84. The Balaban J connectivity index is 1.13. The Hall–Kier alpha value is -7.30. The Kier molecular flexibility index (Phi) is 8.00. The van der Waals surface area contributed by atoms with Gasteiger partial charge >= 0.3 is 0 Å². The fourth-order valence-electron chi connectivity index (χ4n) is 7.99. The molecule has 4 heteroatoms. The van der Waals surface area contributed by atoms with Crippen LogP contribution in [0, 0.1) is 0 Å². The quantitative estimate of drug-likeness (QED) is 0.126. The number of benzene rings is 9. The van der Waals surface area contributed by atoms with Crippen molar-refractivity contribution in [3.05, 3.63) is 206 Å². The molecule has 0 saturated heterocycles. The van der Waals surface area contributed by atoms with Gasteiger partial charge in [0.2, 0.25) is 0 Å². The number of nitrogens with two attached hydrogens (primary N) is 1. The lowest BCUT2D eigenvalue weighted by atomic mass is 9.99. The predicted molar refractivity (Wildman–Crippen MR) is 231 cm³/mol. The lowest BCUT2D eigenvalue weighted by molar-refractivity contribution is 0.312. The number of anilines is 4. The summed E-state index contributed by atoms with van der Waals surface area (Å²) in [7, 11) is 0. The number of para-hydroxylation sites is 2. The minimum Gasteiger partial charge on any atom is -0.486 e. The summed E-state index contributed by atoms with van der Waals surface area (Å²) in [6.45, 7) is 0.451. The Morgan fingerprint density at radius 3 is 1.80 bits per heavy atom. The van der Waals surface area contributed by atoms with Crippen molar-refractivity contribution in [2.24, 2.45) is 0 Å². The van der Waals surface area contributed by atoms with E-state index in [1.165, 1.54) is 27.4 Å². The van der Waals surface area contributed by atoms with Crippen molar-refractivity contribution in [2.45, 2.75) is 6.61 Å². The Labute approximate surface area is 319 Å². The molecular weight excluding hydrogens is 671 g/mol. The molecule has 0 radical (unpaired) electrons. The second-order valence-electron chi connectivity index (χ2n) is 14.0. The summed E-state index contributed by atoms with van der Waals surface area (Å²) in [4.78, 5) is 2.36. The van der Waals surface area contributed by atoms with E-state index in [1.54, 1.807) is 0 Å². The van der Waals surface area contributed by atoms with Crippen LogP contribution in [-0.2, 0) is 6.61 Å². The first-order chi connectivity index (χ1) is 27.2. The fraction of sp³-hybridized carbons (Fsp3) is 0.0196. The van der Waals surface area contributed by atoms with Gasteiger partial charge in [-0.2, -0.15) is 0 Å². The van der Waals surface area contributed by atoms with Gasteiger partial charge in [-0.3, -0.25) is 0 Å². The van der Waals surface area contributed by atoms with Crippen LogP contribution in [0.5, 0.6) is 5.75 Å². The Morgan fingerprint density at radius 2 is 1.02 bits per heavy atom. The molecule has 0 spiro atoms. The Morgan fingerprint density at radius 1 is 0.436 bits per heavy atom.